The van der Waals surface area contributed by atoms with Gasteiger partial charge in [0, 0.05) is 6.42 Å². The molecule has 0 aromatic carbocycles. The summed E-state index contributed by atoms with van der Waals surface area (Å²) in [5.41, 5.74) is 19.7. The molecular weight excluding hydrogens is 338 g/mol. The zero-order chi connectivity index (χ0) is 19.8. The number of rotatable bonds is 13. The number of aliphatic carboxylic acids is 3. The van der Waals surface area contributed by atoms with E-state index in [9.17, 15) is 19.2 Å². The van der Waals surface area contributed by atoms with Gasteiger partial charge >= 0.3 is 17.9 Å². The number of nitrogens with one attached hydrogen (secondary N) is 2. The zero-order valence-corrected chi connectivity index (χ0v) is 13.8. The summed E-state index contributed by atoms with van der Waals surface area (Å²) in [5.74, 6) is -3.85. The molecule has 146 valence electrons. The average molecular weight is 365 g/mol. The van der Waals surface area contributed by atoms with Crippen molar-refractivity contribution in [2.45, 2.75) is 44.2 Å². The summed E-state index contributed by atoms with van der Waals surface area (Å²) >= 11 is 0. The maximum absolute atomic E-state index is 10.6. The lowest BCUT2D eigenvalue weighted by atomic mass is 10.1. The molecule has 11 N–H and O–H groups in total. The van der Waals surface area contributed by atoms with Gasteiger partial charge in [0.25, 0.3) is 0 Å². The van der Waals surface area contributed by atoms with Crippen molar-refractivity contribution in [2.24, 2.45) is 17.2 Å². The number of hydrogen-bond acceptors (Lipinski definition) is 8. The van der Waals surface area contributed by atoms with Crippen LogP contribution in [0, 0.1) is 0 Å². The van der Waals surface area contributed by atoms with Crippen molar-refractivity contribution in [2.75, 3.05) is 13.1 Å². The molecular formula is C13H27N5O7. The fourth-order valence-corrected chi connectivity index (χ4v) is 1.43. The summed E-state index contributed by atoms with van der Waals surface area (Å²) < 4.78 is 0. The van der Waals surface area contributed by atoms with Gasteiger partial charge in [-0.05, 0) is 25.8 Å². The van der Waals surface area contributed by atoms with Gasteiger partial charge < -0.3 is 32.5 Å². The topological polar surface area (TPSA) is 231 Å². The Morgan fingerprint density at radius 1 is 0.960 bits per heavy atom. The highest BCUT2D eigenvalue weighted by Gasteiger charge is 2.17. The number of carbonyl (C=O) groups excluding carboxylic acids is 1. The van der Waals surface area contributed by atoms with Crippen LogP contribution in [0.2, 0.25) is 0 Å². The Morgan fingerprint density at radius 2 is 1.56 bits per heavy atom. The van der Waals surface area contributed by atoms with Gasteiger partial charge in [-0.3, -0.25) is 19.2 Å². The number of carbonyl (C=O) groups is 4. The number of amides is 1. The Bertz CT molecular complexity index is 433. The minimum atomic E-state index is -1.19. The molecule has 12 heteroatoms. The highest BCUT2D eigenvalue weighted by molar-refractivity contribution is 5.77. The molecule has 0 heterocycles. The molecule has 0 spiro atoms. The van der Waals surface area contributed by atoms with Crippen LogP contribution in [0.25, 0.3) is 0 Å². The Kier molecular flexibility index (Phi) is 15.2. The van der Waals surface area contributed by atoms with Gasteiger partial charge in [-0.2, -0.15) is 0 Å². The zero-order valence-electron chi connectivity index (χ0n) is 13.8. The smallest absolute Gasteiger partial charge is 0.322 e. The minimum absolute atomic E-state index is 0.00269. The van der Waals surface area contributed by atoms with E-state index >= 15 is 0 Å². The molecule has 12 nitrogen and oxygen atoms in total. The van der Waals surface area contributed by atoms with Crippen LogP contribution in [0.3, 0.4) is 0 Å². The molecule has 0 unspecified atom stereocenters. The van der Waals surface area contributed by atoms with E-state index in [2.05, 4.69) is 10.9 Å². The SMILES string of the molecule is NC(=O)CC[C@H](NNCC(=O)O)C(=O)O.NCCCC[C@H](N)C(=O)O. The molecule has 0 aliphatic heterocycles. The number of carboxylic acids is 3. The minimum Gasteiger partial charge on any atom is -0.480 e. The first-order chi connectivity index (χ1) is 11.6. The Labute approximate surface area is 144 Å². The number of unbranched alkanes of at least 4 members (excludes halogenated alkanes) is 1. The first-order valence-corrected chi connectivity index (χ1v) is 7.51. The van der Waals surface area contributed by atoms with Crippen molar-refractivity contribution < 1.29 is 34.5 Å². The van der Waals surface area contributed by atoms with Crippen LogP contribution in [0.15, 0.2) is 0 Å². The van der Waals surface area contributed by atoms with Crippen molar-refractivity contribution in [1.29, 1.82) is 0 Å². The predicted octanol–water partition coefficient (Wildman–Crippen LogP) is -2.59. The highest BCUT2D eigenvalue weighted by atomic mass is 16.4. The van der Waals surface area contributed by atoms with E-state index in [1.807, 2.05) is 0 Å². The first-order valence-electron chi connectivity index (χ1n) is 7.51. The largest absolute Gasteiger partial charge is 0.480 e. The van der Waals surface area contributed by atoms with Crippen LogP contribution in [0.5, 0.6) is 0 Å². The molecule has 0 aliphatic rings. The molecule has 0 aliphatic carbocycles. The second kappa shape index (κ2) is 15.3. The molecule has 0 radical (unpaired) electrons. The molecule has 0 saturated heterocycles. The van der Waals surface area contributed by atoms with Crippen molar-refractivity contribution in [3.05, 3.63) is 0 Å². The number of primary amides is 1. The monoisotopic (exact) mass is 365 g/mol. The van der Waals surface area contributed by atoms with Gasteiger partial charge in [-0.15, -0.1) is 0 Å². The average Bonchev–Trinajstić information content (AvgIpc) is 2.50. The van der Waals surface area contributed by atoms with Gasteiger partial charge in [0.1, 0.15) is 18.6 Å². The molecule has 25 heavy (non-hydrogen) atoms. The van der Waals surface area contributed by atoms with E-state index in [0.29, 0.717) is 13.0 Å². The third-order valence-corrected chi connectivity index (χ3v) is 2.78. The molecule has 0 rings (SSSR count). The second-order valence-electron chi connectivity index (χ2n) is 5.02. The van der Waals surface area contributed by atoms with Crippen LogP contribution < -0.4 is 28.1 Å². The molecule has 0 bridgehead atoms. The molecule has 0 saturated carbocycles. The van der Waals surface area contributed by atoms with Crippen molar-refractivity contribution >= 4 is 23.8 Å². The summed E-state index contributed by atoms with van der Waals surface area (Å²) in [5, 5.41) is 25.2. The van der Waals surface area contributed by atoms with Crippen LogP contribution in [0.1, 0.15) is 32.1 Å². The Hall–Kier alpha value is -2.28. The molecule has 1 amide bonds. The standard InChI is InChI=1S/C7H13N3O5.C6H14N2O2/c8-5(11)2-1-4(7(14)15)10-9-3-6(12)13;7-4-2-1-3-5(8)6(9)10/h4,9-10H,1-3H2,(H2,8,11)(H,12,13)(H,14,15);5H,1-4,7-8H2,(H,9,10)/t4-;5-/m00/s1. The van der Waals surface area contributed by atoms with E-state index in [-0.39, 0.29) is 12.8 Å². The van der Waals surface area contributed by atoms with Gasteiger partial charge in [0.2, 0.25) is 5.91 Å². The molecule has 0 fully saturated rings. The Balaban J connectivity index is 0. The molecule has 0 aromatic rings. The number of hydrogen-bond donors (Lipinski definition) is 8. The summed E-state index contributed by atoms with van der Waals surface area (Å²) in [6, 6.07) is -1.76. The highest BCUT2D eigenvalue weighted by Crippen LogP contribution is 1.97. The lowest BCUT2D eigenvalue weighted by Crippen LogP contribution is -2.47. The summed E-state index contributed by atoms with van der Waals surface area (Å²) in [6.07, 6.45) is 2.08. The maximum Gasteiger partial charge on any atom is 0.322 e. The van der Waals surface area contributed by atoms with Gasteiger partial charge in [0.15, 0.2) is 0 Å². The molecule has 2 atom stereocenters. The van der Waals surface area contributed by atoms with Gasteiger partial charge in [-0.25, -0.2) is 10.9 Å². The Morgan fingerprint density at radius 3 is 1.96 bits per heavy atom. The fourth-order valence-electron chi connectivity index (χ4n) is 1.43. The third kappa shape index (κ3) is 17.9. The van der Waals surface area contributed by atoms with Gasteiger partial charge in [0.05, 0.1) is 0 Å². The van der Waals surface area contributed by atoms with E-state index in [4.69, 9.17) is 32.5 Å². The van der Waals surface area contributed by atoms with Crippen molar-refractivity contribution in [3.63, 3.8) is 0 Å². The van der Waals surface area contributed by atoms with Crippen LogP contribution in [-0.4, -0.2) is 64.3 Å². The second-order valence-corrected chi connectivity index (χ2v) is 5.02. The van der Waals surface area contributed by atoms with Gasteiger partial charge in [-0.1, -0.05) is 6.42 Å². The van der Waals surface area contributed by atoms with E-state index in [1.165, 1.54) is 0 Å². The fraction of sp³-hybridized carbons (Fsp3) is 0.692. The van der Waals surface area contributed by atoms with Crippen LogP contribution >= 0.6 is 0 Å². The molecule has 0 aromatic heterocycles. The normalized spacial score (nSPS) is 12.4. The number of carboxylic acid groups (broad SMARTS) is 3. The van der Waals surface area contributed by atoms with Crippen molar-refractivity contribution in [3.8, 4) is 0 Å². The summed E-state index contributed by atoms with van der Waals surface area (Å²) in [7, 11) is 0. The lowest BCUT2D eigenvalue weighted by Gasteiger charge is -2.13. The van der Waals surface area contributed by atoms with Crippen molar-refractivity contribution in [1.82, 2.24) is 10.9 Å². The summed E-state index contributed by atoms with van der Waals surface area (Å²) in [6.45, 7) is 0.187. The van der Waals surface area contributed by atoms with Crippen LogP contribution in [0.4, 0.5) is 0 Å². The first kappa shape index (κ1) is 25.0. The van der Waals surface area contributed by atoms with E-state index in [0.717, 1.165) is 12.8 Å². The van der Waals surface area contributed by atoms with E-state index in [1.54, 1.807) is 0 Å². The summed E-state index contributed by atoms with van der Waals surface area (Å²) in [4.78, 5) is 41.2. The number of hydrazine groups is 1. The van der Waals surface area contributed by atoms with E-state index < -0.39 is 42.4 Å². The number of nitrogens with two attached hydrogens (primary N) is 3. The maximum atomic E-state index is 10.6. The van der Waals surface area contributed by atoms with Crippen LogP contribution in [-0.2, 0) is 19.2 Å². The quantitative estimate of drug-likeness (QED) is 0.125. The lowest BCUT2D eigenvalue weighted by molar-refractivity contribution is -0.141. The predicted molar refractivity (Wildman–Crippen MR) is 87.1 cm³/mol. The third-order valence-electron chi connectivity index (χ3n) is 2.78.